The van der Waals surface area contributed by atoms with Crippen LogP contribution in [0, 0.1) is 0 Å². The number of hydrogen-bond acceptors (Lipinski definition) is 5. The second-order valence-corrected chi connectivity index (χ2v) is 7.45. The molecule has 0 saturated heterocycles. The molecule has 0 amide bonds. The quantitative estimate of drug-likeness (QED) is 0.563. The Kier molecular flexibility index (Phi) is 4.28. The van der Waals surface area contributed by atoms with E-state index in [1.807, 2.05) is 36.5 Å². The fraction of sp³-hybridized carbons (Fsp3) is 0.167. The number of carbonyl (C=O) groups excluding carboxylic acids is 1. The predicted octanol–water partition coefficient (Wildman–Crippen LogP) is 4.53. The standard InChI is InChI=1S/C24H20N4O/c1-15(16-5-3-2-4-6-16)28-24-21-11-17(7-8-22(21)26-14-27-24)19-9-18-10-20(29)12-23(18)25-13-19/h2-9,11,13-15H,10,12H2,1H3,(H,26,27,28). The van der Waals surface area contributed by atoms with Crippen LogP contribution in [0.5, 0.6) is 0 Å². The van der Waals surface area contributed by atoms with Gasteiger partial charge in [-0.1, -0.05) is 36.4 Å². The lowest BCUT2D eigenvalue weighted by Gasteiger charge is -2.16. The number of fused-ring (bicyclic) bond motifs is 2. The van der Waals surface area contributed by atoms with Gasteiger partial charge in [-0.25, -0.2) is 9.97 Å². The zero-order valence-corrected chi connectivity index (χ0v) is 16.1. The lowest BCUT2D eigenvalue weighted by molar-refractivity contribution is -0.117. The first-order valence-corrected chi connectivity index (χ1v) is 9.73. The van der Waals surface area contributed by atoms with Crippen molar-refractivity contribution in [3.8, 4) is 11.1 Å². The SMILES string of the molecule is CC(Nc1ncnc2ccc(-c3cnc4c(c3)CC(=O)C4)cc12)c1ccccc1. The van der Waals surface area contributed by atoms with Gasteiger partial charge in [0.15, 0.2) is 0 Å². The molecule has 0 bridgehead atoms. The number of rotatable bonds is 4. The molecule has 5 heteroatoms. The molecule has 0 radical (unpaired) electrons. The fourth-order valence-electron chi connectivity index (χ4n) is 3.85. The Hall–Kier alpha value is -3.60. The van der Waals surface area contributed by atoms with Crippen LogP contribution >= 0.6 is 0 Å². The first-order valence-electron chi connectivity index (χ1n) is 9.73. The molecule has 1 aliphatic rings. The van der Waals surface area contributed by atoms with Gasteiger partial charge in [0.25, 0.3) is 0 Å². The Morgan fingerprint density at radius 1 is 0.931 bits per heavy atom. The van der Waals surface area contributed by atoms with Gasteiger partial charge >= 0.3 is 0 Å². The van der Waals surface area contributed by atoms with E-state index in [-0.39, 0.29) is 11.8 Å². The molecule has 1 N–H and O–H groups in total. The summed E-state index contributed by atoms with van der Waals surface area (Å²) in [6.45, 7) is 2.12. The van der Waals surface area contributed by atoms with Crippen LogP contribution < -0.4 is 5.32 Å². The average molecular weight is 380 g/mol. The molecule has 5 rings (SSSR count). The van der Waals surface area contributed by atoms with Gasteiger partial charge in [-0.2, -0.15) is 0 Å². The molecule has 0 aliphatic heterocycles. The highest BCUT2D eigenvalue weighted by Gasteiger charge is 2.20. The van der Waals surface area contributed by atoms with Crippen LogP contribution in [0.15, 0.2) is 67.1 Å². The van der Waals surface area contributed by atoms with Crippen molar-refractivity contribution in [2.75, 3.05) is 5.32 Å². The van der Waals surface area contributed by atoms with E-state index in [2.05, 4.69) is 51.5 Å². The molecule has 1 aliphatic carbocycles. The minimum absolute atomic E-state index is 0.116. The molecule has 0 saturated carbocycles. The highest BCUT2D eigenvalue weighted by atomic mass is 16.1. The van der Waals surface area contributed by atoms with Crippen molar-refractivity contribution >= 4 is 22.5 Å². The first kappa shape index (κ1) is 17.5. The number of aromatic nitrogens is 3. The number of nitrogens with zero attached hydrogens (tertiary/aromatic N) is 3. The van der Waals surface area contributed by atoms with Crippen molar-refractivity contribution in [1.82, 2.24) is 15.0 Å². The lowest BCUT2D eigenvalue weighted by Crippen LogP contribution is -2.08. The molecule has 0 spiro atoms. The van der Waals surface area contributed by atoms with Crippen molar-refractivity contribution in [2.24, 2.45) is 0 Å². The highest BCUT2D eigenvalue weighted by Crippen LogP contribution is 2.30. The number of pyridine rings is 1. The minimum Gasteiger partial charge on any atom is -0.363 e. The van der Waals surface area contributed by atoms with Gasteiger partial charge < -0.3 is 5.32 Å². The fourth-order valence-corrected chi connectivity index (χ4v) is 3.85. The third-order valence-corrected chi connectivity index (χ3v) is 5.43. The van der Waals surface area contributed by atoms with Crippen molar-refractivity contribution in [3.63, 3.8) is 0 Å². The Bertz CT molecular complexity index is 1220. The summed E-state index contributed by atoms with van der Waals surface area (Å²) in [5.74, 6) is 1.04. The van der Waals surface area contributed by atoms with Crippen LogP contribution in [0.4, 0.5) is 5.82 Å². The molecule has 2 aromatic heterocycles. The van der Waals surface area contributed by atoms with Crippen LogP contribution in [-0.4, -0.2) is 20.7 Å². The smallest absolute Gasteiger partial charge is 0.143 e. The third kappa shape index (κ3) is 3.36. The maximum absolute atomic E-state index is 11.7. The van der Waals surface area contributed by atoms with E-state index in [0.717, 1.165) is 39.1 Å². The minimum atomic E-state index is 0.116. The van der Waals surface area contributed by atoms with Gasteiger partial charge in [0.05, 0.1) is 11.2 Å². The van der Waals surface area contributed by atoms with Gasteiger partial charge in [-0.15, -0.1) is 0 Å². The van der Waals surface area contributed by atoms with Crippen molar-refractivity contribution in [2.45, 2.75) is 25.8 Å². The summed E-state index contributed by atoms with van der Waals surface area (Å²) >= 11 is 0. The molecular weight excluding hydrogens is 360 g/mol. The summed E-state index contributed by atoms with van der Waals surface area (Å²) in [7, 11) is 0. The molecule has 2 heterocycles. The molecule has 29 heavy (non-hydrogen) atoms. The number of anilines is 1. The maximum atomic E-state index is 11.7. The van der Waals surface area contributed by atoms with E-state index in [0.29, 0.717) is 12.8 Å². The number of hydrogen-bond donors (Lipinski definition) is 1. The number of carbonyl (C=O) groups is 1. The van der Waals surface area contributed by atoms with Crippen LogP contribution in [0.2, 0.25) is 0 Å². The Labute approximate surface area is 168 Å². The largest absolute Gasteiger partial charge is 0.363 e. The zero-order valence-electron chi connectivity index (χ0n) is 16.1. The van der Waals surface area contributed by atoms with Crippen LogP contribution in [-0.2, 0) is 17.6 Å². The van der Waals surface area contributed by atoms with Gasteiger partial charge in [-0.05, 0) is 41.8 Å². The molecule has 1 atom stereocenters. The highest BCUT2D eigenvalue weighted by molar-refractivity contribution is 5.93. The Balaban J connectivity index is 1.52. The summed E-state index contributed by atoms with van der Waals surface area (Å²) in [6, 6.07) is 18.6. The van der Waals surface area contributed by atoms with Gasteiger partial charge in [0, 0.05) is 36.0 Å². The van der Waals surface area contributed by atoms with E-state index in [4.69, 9.17) is 0 Å². The summed E-state index contributed by atoms with van der Waals surface area (Å²) in [4.78, 5) is 25.1. The van der Waals surface area contributed by atoms with Gasteiger partial charge in [0.2, 0.25) is 0 Å². The number of Topliss-reactive ketones (excluding diaryl/α,β-unsaturated/α-hetero) is 1. The molecule has 5 nitrogen and oxygen atoms in total. The van der Waals surface area contributed by atoms with Crippen LogP contribution in [0.1, 0.15) is 29.8 Å². The summed E-state index contributed by atoms with van der Waals surface area (Å²) in [5.41, 5.74) is 6.07. The molecule has 2 aromatic carbocycles. The van der Waals surface area contributed by atoms with E-state index < -0.39 is 0 Å². The monoisotopic (exact) mass is 380 g/mol. The van der Waals surface area contributed by atoms with Crippen LogP contribution in [0.25, 0.3) is 22.0 Å². The van der Waals surface area contributed by atoms with E-state index in [9.17, 15) is 4.79 Å². The zero-order chi connectivity index (χ0) is 19.8. The maximum Gasteiger partial charge on any atom is 0.143 e. The lowest BCUT2D eigenvalue weighted by atomic mass is 10.0. The van der Waals surface area contributed by atoms with Crippen molar-refractivity contribution < 1.29 is 4.79 Å². The molecule has 142 valence electrons. The van der Waals surface area contributed by atoms with Gasteiger partial charge in [0.1, 0.15) is 17.9 Å². The van der Waals surface area contributed by atoms with E-state index >= 15 is 0 Å². The first-order chi connectivity index (χ1) is 14.2. The van der Waals surface area contributed by atoms with E-state index in [1.165, 1.54) is 5.56 Å². The number of nitrogens with one attached hydrogen (secondary N) is 1. The second-order valence-electron chi connectivity index (χ2n) is 7.45. The second kappa shape index (κ2) is 7.09. The third-order valence-electron chi connectivity index (χ3n) is 5.43. The normalized spacial score (nSPS) is 14.0. The van der Waals surface area contributed by atoms with Crippen LogP contribution in [0.3, 0.4) is 0 Å². The Morgan fingerprint density at radius 3 is 2.66 bits per heavy atom. The molecule has 0 fully saturated rings. The topological polar surface area (TPSA) is 67.8 Å². The van der Waals surface area contributed by atoms with Crippen molar-refractivity contribution in [1.29, 1.82) is 0 Å². The summed E-state index contributed by atoms with van der Waals surface area (Å²) in [5, 5.41) is 4.48. The Morgan fingerprint density at radius 2 is 1.79 bits per heavy atom. The van der Waals surface area contributed by atoms with Crippen molar-refractivity contribution in [3.05, 3.63) is 83.9 Å². The van der Waals surface area contributed by atoms with Gasteiger partial charge in [-0.3, -0.25) is 9.78 Å². The van der Waals surface area contributed by atoms with E-state index in [1.54, 1.807) is 6.33 Å². The molecule has 1 unspecified atom stereocenters. The molecular formula is C24H20N4O. The average Bonchev–Trinajstić information content (AvgIpc) is 3.13. The number of benzene rings is 2. The summed E-state index contributed by atoms with van der Waals surface area (Å²) < 4.78 is 0. The number of ketones is 1. The predicted molar refractivity (Wildman–Crippen MR) is 114 cm³/mol. The summed E-state index contributed by atoms with van der Waals surface area (Å²) in [6.07, 6.45) is 4.37. The molecule has 4 aromatic rings.